The largest absolute Gasteiger partial charge is 0.379 e. The maximum atomic E-state index is 12.9. The van der Waals surface area contributed by atoms with Gasteiger partial charge in [0.1, 0.15) is 0 Å². The minimum absolute atomic E-state index is 0.358. The van der Waals surface area contributed by atoms with Crippen molar-refractivity contribution in [3.05, 3.63) is 0 Å². The second-order valence-electron chi connectivity index (χ2n) is 11.9. The van der Waals surface area contributed by atoms with Gasteiger partial charge in [-0.05, 0) is 44.6 Å². The van der Waals surface area contributed by atoms with Crippen molar-refractivity contribution >= 4 is 10.0 Å². The first-order valence-corrected chi connectivity index (χ1v) is 18.0. The zero-order chi connectivity index (χ0) is 26.4. The molecule has 0 spiro atoms. The van der Waals surface area contributed by atoms with Crippen LogP contribution in [0.4, 0.5) is 0 Å². The fourth-order valence-corrected chi connectivity index (χ4v) is 7.70. The molecule has 0 aromatic heterocycles. The fraction of sp³-hybridized carbons (Fsp3) is 1.00. The summed E-state index contributed by atoms with van der Waals surface area (Å²) in [7, 11) is -3.07. The summed E-state index contributed by atoms with van der Waals surface area (Å²) in [6.45, 7) is 8.94. The van der Waals surface area contributed by atoms with Crippen LogP contribution in [0.3, 0.4) is 0 Å². The number of hydrogen-bond donors (Lipinski definition) is 0. The average Bonchev–Trinajstić information content (AvgIpc) is 3.16. The van der Waals surface area contributed by atoms with Crippen LogP contribution in [0.5, 0.6) is 0 Å². The van der Waals surface area contributed by atoms with Crippen LogP contribution in [-0.2, 0) is 14.8 Å². The zero-order valence-corrected chi connectivity index (χ0v) is 25.4. The van der Waals surface area contributed by atoms with Gasteiger partial charge in [0.25, 0.3) is 0 Å². The van der Waals surface area contributed by atoms with Crippen molar-refractivity contribution in [2.24, 2.45) is 5.92 Å². The maximum Gasteiger partial charge on any atom is 0.214 e. The number of rotatable bonds is 22. The zero-order valence-electron chi connectivity index (χ0n) is 24.6. The number of ether oxygens (including phenoxy) is 1. The van der Waals surface area contributed by atoms with Crippen LogP contribution in [0.15, 0.2) is 0 Å². The van der Waals surface area contributed by atoms with Crippen molar-refractivity contribution in [1.82, 2.24) is 9.21 Å². The Morgan fingerprint density at radius 1 is 0.649 bits per heavy atom. The van der Waals surface area contributed by atoms with Crippen LogP contribution >= 0.6 is 0 Å². The molecule has 220 valence electrons. The van der Waals surface area contributed by atoms with E-state index in [2.05, 4.69) is 11.8 Å². The molecular formula is C31H62N2O3S. The van der Waals surface area contributed by atoms with Gasteiger partial charge in [-0.15, -0.1) is 0 Å². The highest BCUT2D eigenvalue weighted by Gasteiger charge is 2.25. The summed E-state index contributed by atoms with van der Waals surface area (Å²) in [5.74, 6) is 1.07. The van der Waals surface area contributed by atoms with E-state index < -0.39 is 10.0 Å². The summed E-state index contributed by atoms with van der Waals surface area (Å²) in [4.78, 5) is 2.52. The van der Waals surface area contributed by atoms with Gasteiger partial charge in [-0.3, -0.25) is 4.90 Å². The Bertz CT molecular complexity index is 622. The summed E-state index contributed by atoms with van der Waals surface area (Å²) in [6, 6.07) is 0. The molecule has 2 aliphatic rings. The van der Waals surface area contributed by atoms with E-state index in [1.165, 1.54) is 116 Å². The summed E-state index contributed by atoms with van der Waals surface area (Å²) < 4.78 is 33.1. The Morgan fingerprint density at radius 2 is 1.22 bits per heavy atom. The highest BCUT2D eigenvalue weighted by Crippen LogP contribution is 2.25. The van der Waals surface area contributed by atoms with Crippen molar-refractivity contribution in [1.29, 1.82) is 0 Å². The van der Waals surface area contributed by atoms with Crippen LogP contribution in [0.2, 0.25) is 0 Å². The number of sulfonamides is 1. The highest BCUT2D eigenvalue weighted by molar-refractivity contribution is 7.89. The average molecular weight is 543 g/mol. The van der Waals surface area contributed by atoms with Gasteiger partial charge in [0.05, 0.1) is 19.0 Å². The molecule has 0 N–H and O–H groups in total. The molecule has 0 saturated carbocycles. The van der Waals surface area contributed by atoms with Gasteiger partial charge in [-0.25, -0.2) is 12.7 Å². The first-order chi connectivity index (χ1) is 18.1. The lowest BCUT2D eigenvalue weighted by Gasteiger charge is -2.26. The molecule has 37 heavy (non-hydrogen) atoms. The van der Waals surface area contributed by atoms with Gasteiger partial charge in [-0.1, -0.05) is 110 Å². The molecule has 0 aromatic carbocycles. The van der Waals surface area contributed by atoms with E-state index in [0.717, 1.165) is 65.1 Å². The molecule has 0 aromatic rings. The van der Waals surface area contributed by atoms with Crippen molar-refractivity contribution in [2.45, 2.75) is 142 Å². The molecule has 2 saturated heterocycles. The van der Waals surface area contributed by atoms with E-state index in [0.29, 0.717) is 11.7 Å². The topological polar surface area (TPSA) is 49.9 Å². The predicted octanol–water partition coefficient (Wildman–Crippen LogP) is 7.79. The normalized spacial score (nSPS) is 20.3. The first kappa shape index (κ1) is 33.0. The van der Waals surface area contributed by atoms with Crippen molar-refractivity contribution in [3.8, 4) is 0 Å². The fourth-order valence-electron chi connectivity index (χ4n) is 6.08. The minimum Gasteiger partial charge on any atom is -0.379 e. The maximum absolute atomic E-state index is 12.9. The SMILES string of the molecule is CCCCCCCCCCCCCCCCS(=O)(=O)N1CCCC(CCCCCN2CCOCC2)CC1. The lowest BCUT2D eigenvalue weighted by atomic mass is 9.94. The van der Waals surface area contributed by atoms with E-state index in [9.17, 15) is 8.42 Å². The smallest absolute Gasteiger partial charge is 0.214 e. The lowest BCUT2D eigenvalue weighted by molar-refractivity contribution is 0.0371. The van der Waals surface area contributed by atoms with E-state index >= 15 is 0 Å². The summed E-state index contributed by atoms with van der Waals surface area (Å²) >= 11 is 0. The lowest BCUT2D eigenvalue weighted by Crippen LogP contribution is -2.36. The predicted molar refractivity (Wildman–Crippen MR) is 159 cm³/mol. The summed E-state index contributed by atoms with van der Waals surface area (Å²) in [6.07, 6.45) is 26.7. The van der Waals surface area contributed by atoms with Gasteiger partial charge >= 0.3 is 0 Å². The Morgan fingerprint density at radius 3 is 1.84 bits per heavy atom. The second-order valence-corrected chi connectivity index (χ2v) is 14.0. The molecule has 1 atom stereocenters. The summed E-state index contributed by atoms with van der Waals surface area (Å²) in [5, 5.41) is 0. The van der Waals surface area contributed by atoms with E-state index in [1.807, 2.05) is 4.31 Å². The Hall–Kier alpha value is -0.170. The second kappa shape index (κ2) is 21.6. The third-order valence-electron chi connectivity index (χ3n) is 8.65. The van der Waals surface area contributed by atoms with E-state index in [1.54, 1.807) is 0 Å². The summed E-state index contributed by atoms with van der Waals surface area (Å²) in [5.41, 5.74) is 0. The number of hydrogen-bond acceptors (Lipinski definition) is 4. The molecule has 2 fully saturated rings. The van der Waals surface area contributed by atoms with Gasteiger partial charge in [0.15, 0.2) is 0 Å². The molecule has 6 heteroatoms. The van der Waals surface area contributed by atoms with Crippen molar-refractivity contribution in [3.63, 3.8) is 0 Å². The van der Waals surface area contributed by atoms with Crippen LogP contribution in [0, 0.1) is 5.92 Å². The monoisotopic (exact) mass is 542 g/mol. The van der Waals surface area contributed by atoms with Crippen LogP contribution in [-0.4, -0.2) is 69.3 Å². The van der Waals surface area contributed by atoms with E-state index in [-0.39, 0.29) is 0 Å². The van der Waals surface area contributed by atoms with Crippen LogP contribution in [0.25, 0.3) is 0 Å². The quantitative estimate of drug-likeness (QED) is 0.131. The molecule has 0 bridgehead atoms. The van der Waals surface area contributed by atoms with Gasteiger partial charge in [-0.2, -0.15) is 0 Å². The molecule has 2 aliphatic heterocycles. The first-order valence-electron chi connectivity index (χ1n) is 16.4. The molecule has 2 rings (SSSR count). The van der Waals surface area contributed by atoms with Gasteiger partial charge in [0, 0.05) is 26.2 Å². The Balaban J connectivity index is 1.43. The molecule has 0 radical (unpaired) electrons. The van der Waals surface area contributed by atoms with Crippen molar-refractivity contribution in [2.75, 3.05) is 51.7 Å². The standard InChI is InChI=1S/C31H62N2O3S/c1-2-3-4-5-6-7-8-9-10-11-12-13-14-18-30-37(34,35)33-24-19-21-31(22-25-33)20-16-15-17-23-32-26-28-36-29-27-32/h31H,2-30H2,1H3. The third-order valence-corrected chi connectivity index (χ3v) is 10.6. The highest BCUT2D eigenvalue weighted by atomic mass is 32.2. The minimum atomic E-state index is -3.07. The van der Waals surface area contributed by atoms with E-state index in [4.69, 9.17) is 4.74 Å². The molecule has 2 heterocycles. The number of nitrogens with zero attached hydrogens (tertiary/aromatic N) is 2. The van der Waals surface area contributed by atoms with Crippen molar-refractivity contribution < 1.29 is 13.2 Å². The molecular weight excluding hydrogens is 480 g/mol. The molecule has 1 unspecified atom stereocenters. The van der Waals surface area contributed by atoms with Crippen LogP contribution in [0.1, 0.15) is 142 Å². The third kappa shape index (κ3) is 16.5. The van der Waals surface area contributed by atoms with Gasteiger partial charge < -0.3 is 4.74 Å². The molecule has 0 amide bonds. The Labute approximate surface area is 231 Å². The van der Waals surface area contributed by atoms with Crippen LogP contribution < -0.4 is 0 Å². The number of morpholine rings is 1. The number of unbranched alkanes of at least 4 members (excludes halogenated alkanes) is 15. The molecule has 5 nitrogen and oxygen atoms in total. The molecule has 0 aliphatic carbocycles. The van der Waals surface area contributed by atoms with Gasteiger partial charge in [0.2, 0.25) is 10.0 Å². The Kier molecular flexibility index (Phi) is 19.3.